The quantitative estimate of drug-likeness (QED) is 0.316. The van der Waals surface area contributed by atoms with E-state index in [-0.39, 0.29) is 43.4 Å². The van der Waals surface area contributed by atoms with Crippen LogP contribution >= 0.6 is 0 Å². The number of nitrogens with one attached hydrogen (secondary N) is 1. The minimum atomic E-state index is -1.46. The molecule has 0 unspecified atom stereocenters. The number of rotatable bonds is 8. The average molecular weight is 678 g/mol. The Bertz CT molecular complexity index is 1420. The van der Waals surface area contributed by atoms with E-state index in [2.05, 4.69) is 5.32 Å². The molecule has 1 spiro atoms. The smallest absolute Gasteiger partial charge is 0.313 e. The Hall–Kier alpha value is -3.54. The number of aliphatic hydroxyl groups excluding tert-OH is 1. The number of carbonyl (C=O) groups is 4. The summed E-state index contributed by atoms with van der Waals surface area (Å²) >= 11 is 0. The fraction of sp³-hybridized carbons (Fsp3) is 0.632. The van der Waals surface area contributed by atoms with Gasteiger partial charge in [0.25, 0.3) is 0 Å². The number of likely N-dealkylation sites (tertiary alicyclic amines) is 1. The monoisotopic (exact) mass is 677 g/mol. The summed E-state index contributed by atoms with van der Waals surface area (Å²) < 4.78 is 18.7. The maximum absolute atomic E-state index is 14.9. The van der Waals surface area contributed by atoms with E-state index < -0.39 is 59.6 Å². The zero-order valence-electron chi connectivity index (χ0n) is 28.9. The van der Waals surface area contributed by atoms with Crippen LogP contribution in [0.1, 0.15) is 76.9 Å². The highest BCUT2D eigenvalue weighted by Gasteiger charge is 2.72. The molecule has 1 aromatic carbocycles. The summed E-state index contributed by atoms with van der Waals surface area (Å²) in [4.78, 5) is 60.9. The van der Waals surface area contributed by atoms with Gasteiger partial charge in [0.15, 0.2) is 0 Å². The minimum Gasteiger partial charge on any atom is -0.455 e. The van der Waals surface area contributed by atoms with Gasteiger partial charge < -0.3 is 34.4 Å². The van der Waals surface area contributed by atoms with Gasteiger partial charge in [-0.25, -0.2) is 0 Å². The zero-order valence-corrected chi connectivity index (χ0v) is 28.9. The Morgan fingerprint density at radius 1 is 1.04 bits per heavy atom. The molecular weight excluding hydrogens is 626 g/mol. The van der Waals surface area contributed by atoms with Gasteiger partial charge in [0.2, 0.25) is 17.7 Å². The average Bonchev–Trinajstić information content (AvgIpc) is 3.49. The van der Waals surface area contributed by atoms with Crippen LogP contribution in [0.4, 0.5) is 0 Å². The van der Waals surface area contributed by atoms with Crippen LogP contribution in [0.3, 0.4) is 0 Å². The molecular formula is C38H51N3O8. The van der Waals surface area contributed by atoms with E-state index >= 15 is 0 Å². The minimum absolute atomic E-state index is 0.0450. The largest absolute Gasteiger partial charge is 0.455 e. The number of fused-ring (bicyclic) bond motifs is 2. The van der Waals surface area contributed by atoms with Crippen molar-refractivity contribution in [3.05, 3.63) is 60.2 Å². The Kier molecular flexibility index (Phi) is 10.9. The van der Waals surface area contributed by atoms with Gasteiger partial charge in [0.1, 0.15) is 23.7 Å². The van der Waals surface area contributed by atoms with Gasteiger partial charge in [-0.05, 0) is 37.2 Å². The summed E-state index contributed by atoms with van der Waals surface area (Å²) in [6, 6.07) is 6.82. The molecule has 6 rings (SSSR count). The molecule has 11 nitrogen and oxygen atoms in total. The number of hydrogen-bond acceptors (Lipinski definition) is 8. The Morgan fingerprint density at radius 2 is 1.80 bits per heavy atom. The van der Waals surface area contributed by atoms with Gasteiger partial charge in [0, 0.05) is 26.1 Å². The third-order valence-corrected chi connectivity index (χ3v) is 10.9. The van der Waals surface area contributed by atoms with E-state index in [1.54, 1.807) is 17.1 Å². The second-order valence-electron chi connectivity index (χ2n) is 14.6. The van der Waals surface area contributed by atoms with E-state index in [9.17, 15) is 24.3 Å². The van der Waals surface area contributed by atoms with Gasteiger partial charge in [-0.2, -0.15) is 0 Å². The molecule has 1 aliphatic carbocycles. The van der Waals surface area contributed by atoms with E-state index in [0.29, 0.717) is 24.9 Å². The first-order valence-electron chi connectivity index (χ1n) is 18.0. The maximum atomic E-state index is 14.9. The molecule has 1 aromatic rings. The van der Waals surface area contributed by atoms with Crippen molar-refractivity contribution in [1.29, 1.82) is 0 Å². The van der Waals surface area contributed by atoms with Crippen molar-refractivity contribution in [3.63, 3.8) is 0 Å². The molecule has 2 N–H and O–H groups in total. The summed E-state index contributed by atoms with van der Waals surface area (Å²) in [5.41, 5.74) is -0.790. The second-order valence-corrected chi connectivity index (χ2v) is 14.6. The third kappa shape index (κ3) is 6.81. The molecule has 3 fully saturated rings. The lowest BCUT2D eigenvalue weighted by molar-refractivity contribution is -0.163. The van der Waals surface area contributed by atoms with Gasteiger partial charge in [-0.1, -0.05) is 87.7 Å². The van der Waals surface area contributed by atoms with Crippen LogP contribution in [0, 0.1) is 17.8 Å². The highest BCUT2D eigenvalue weighted by Crippen LogP contribution is 2.54. The normalized spacial score (nSPS) is 33.9. The fourth-order valence-corrected chi connectivity index (χ4v) is 8.78. The van der Waals surface area contributed by atoms with E-state index in [1.165, 1.54) is 7.11 Å². The van der Waals surface area contributed by atoms with Gasteiger partial charge >= 0.3 is 5.97 Å². The topological polar surface area (TPSA) is 135 Å². The Balaban J connectivity index is 1.45. The standard InChI is InChI=1S/C38H51N3O8/c1-24(2)21-27(22-42)41-34-36(45)40(26-15-8-5-9-16-26)20-12-19-38(34)32(35(41)44)31-29(49-38)17-10-11-18-30(43)39-28(23-47-3)33(48-37(31)46)25-13-6-4-7-14-25/h4,6-7,10,12-14,17,19,24,26-29,31-34,42H,5,8-9,11,15-16,18,20-23H2,1-3H3,(H,39,43)/b17-10-/t27-,28-,29-,31+,32+,33-,34-,38+/m1/s1. The molecule has 8 atom stereocenters. The number of methoxy groups -OCH3 is 1. The van der Waals surface area contributed by atoms with Crippen LogP contribution in [0.15, 0.2) is 54.6 Å². The second kappa shape index (κ2) is 15.1. The predicted octanol–water partition coefficient (Wildman–Crippen LogP) is 3.47. The van der Waals surface area contributed by atoms with Gasteiger partial charge in [0.05, 0.1) is 37.3 Å². The highest BCUT2D eigenvalue weighted by atomic mass is 16.6. The zero-order chi connectivity index (χ0) is 34.7. The number of amides is 3. The summed E-state index contributed by atoms with van der Waals surface area (Å²) in [5, 5.41) is 13.7. The third-order valence-electron chi connectivity index (χ3n) is 10.9. The number of cyclic esters (lactones) is 1. The number of ether oxygens (including phenoxy) is 3. The number of carbonyl (C=O) groups excluding carboxylic acids is 4. The molecule has 1 saturated carbocycles. The highest BCUT2D eigenvalue weighted by molar-refractivity contribution is 5.99. The lowest BCUT2D eigenvalue weighted by atomic mass is 9.77. The first-order chi connectivity index (χ1) is 23.7. The van der Waals surface area contributed by atoms with Crippen LogP contribution in [-0.2, 0) is 33.4 Å². The fourth-order valence-electron chi connectivity index (χ4n) is 8.78. The van der Waals surface area contributed by atoms with Crippen LogP contribution in [0.5, 0.6) is 0 Å². The molecule has 266 valence electrons. The van der Waals surface area contributed by atoms with Crippen molar-refractivity contribution in [3.8, 4) is 0 Å². The van der Waals surface area contributed by atoms with Crippen LogP contribution < -0.4 is 5.32 Å². The van der Waals surface area contributed by atoms with Crippen molar-refractivity contribution in [2.75, 3.05) is 26.9 Å². The number of benzene rings is 1. The predicted molar refractivity (Wildman–Crippen MR) is 181 cm³/mol. The van der Waals surface area contributed by atoms with Crippen molar-refractivity contribution in [1.82, 2.24) is 15.1 Å². The SMILES string of the molecule is COC[C@H]1NC(=O)CC/C=C\[C@H]2O[C@]34C=CCN(C5CCCCC5)C(=O)[C@H]3N([C@@H](CO)CC(C)C)C(=O)[C@@H]4[C@H]2C(=O)O[C@@H]1c1ccccc1. The van der Waals surface area contributed by atoms with E-state index in [1.807, 2.05) is 61.2 Å². The number of esters is 1. The van der Waals surface area contributed by atoms with E-state index in [0.717, 1.165) is 32.1 Å². The molecule has 0 radical (unpaired) electrons. The van der Waals surface area contributed by atoms with Crippen molar-refractivity contribution in [2.45, 2.75) is 107 Å². The first kappa shape index (κ1) is 35.3. The Labute approximate surface area is 289 Å². The molecule has 2 saturated heterocycles. The lowest BCUT2D eigenvalue weighted by Gasteiger charge is -2.41. The lowest BCUT2D eigenvalue weighted by Crippen LogP contribution is -2.59. The molecule has 4 heterocycles. The number of aliphatic hydroxyl groups is 1. The maximum Gasteiger partial charge on any atom is 0.313 e. The summed E-state index contributed by atoms with van der Waals surface area (Å²) in [7, 11) is 1.52. The Morgan fingerprint density at radius 3 is 2.49 bits per heavy atom. The number of hydrogen-bond donors (Lipinski definition) is 2. The molecule has 49 heavy (non-hydrogen) atoms. The van der Waals surface area contributed by atoms with Crippen LogP contribution in [0.2, 0.25) is 0 Å². The molecule has 5 aliphatic rings. The molecule has 11 heteroatoms. The van der Waals surface area contributed by atoms with Crippen LogP contribution in [0.25, 0.3) is 0 Å². The van der Waals surface area contributed by atoms with Gasteiger partial charge in [-0.15, -0.1) is 0 Å². The van der Waals surface area contributed by atoms with Crippen LogP contribution in [-0.4, -0.2) is 101 Å². The van der Waals surface area contributed by atoms with Crippen molar-refractivity contribution < 1.29 is 38.5 Å². The summed E-state index contributed by atoms with van der Waals surface area (Å²) in [6.07, 6.45) is 11.5. The summed E-state index contributed by atoms with van der Waals surface area (Å²) in [5.74, 6) is -3.49. The molecule has 3 amide bonds. The summed E-state index contributed by atoms with van der Waals surface area (Å²) in [6.45, 7) is 4.18. The first-order valence-corrected chi connectivity index (χ1v) is 18.0. The van der Waals surface area contributed by atoms with E-state index in [4.69, 9.17) is 14.2 Å². The number of allylic oxidation sites excluding steroid dienone is 1. The van der Waals surface area contributed by atoms with Crippen molar-refractivity contribution >= 4 is 23.7 Å². The molecule has 0 aromatic heterocycles. The van der Waals surface area contributed by atoms with Gasteiger partial charge in [-0.3, -0.25) is 19.2 Å². The molecule has 0 bridgehead atoms. The number of nitrogens with zero attached hydrogens (tertiary/aromatic N) is 2. The van der Waals surface area contributed by atoms with Crippen molar-refractivity contribution in [2.24, 2.45) is 17.8 Å². The molecule has 4 aliphatic heterocycles.